The smallest absolute Gasteiger partial charge is 0.257 e. The first kappa shape index (κ1) is 23.4. The Kier molecular flexibility index (Phi) is 5.97. The van der Waals surface area contributed by atoms with E-state index in [4.69, 9.17) is 4.98 Å². The fourth-order valence-electron chi connectivity index (χ4n) is 5.86. The Morgan fingerprint density at radius 1 is 1.00 bits per heavy atom. The van der Waals surface area contributed by atoms with Gasteiger partial charge in [0.15, 0.2) is 0 Å². The first-order valence-electron chi connectivity index (χ1n) is 12.8. The maximum absolute atomic E-state index is 12.4. The number of H-pyrrole nitrogens is 1. The number of carbonyl (C=O) groups is 1. The first-order valence-corrected chi connectivity index (χ1v) is 12.8. The highest BCUT2D eigenvalue weighted by Gasteiger charge is 2.44. The number of fused-ring (bicyclic) bond motifs is 1. The van der Waals surface area contributed by atoms with Crippen LogP contribution in [0.25, 0.3) is 33.3 Å². The molecule has 1 N–H and O–H groups in total. The summed E-state index contributed by atoms with van der Waals surface area (Å²) in [6.07, 6.45) is 5.21. The van der Waals surface area contributed by atoms with Crippen molar-refractivity contribution in [3.63, 3.8) is 0 Å². The number of amides is 1. The molecule has 37 heavy (non-hydrogen) atoms. The number of likely N-dealkylation sites (tertiary alicyclic amines) is 2. The van der Waals surface area contributed by atoms with Crippen molar-refractivity contribution in [2.45, 2.75) is 19.4 Å². The third-order valence-corrected chi connectivity index (χ3v) is 7.90. The van der Waals surface area contributed by atoms with Gasteiger partial charge in [0, 0.05) is 50.0 Å². The lowest BCUT2D eigenvalue weighted by Crippen LogP contribution is -2.60. The molecular weight excluding hydrogens is 460 g/mol. The van der Waals surface area contributed by atoms with Gasteiger partial charge in [-0.05, 0) is 47.6 Å². The van der Waals surface area contributed by atoms with E-state index in [1.165, 1.54) is 11.6 Å². The topological polar surface area (TPSA) is 69.3 Å². The third kappa shape index (κ3) is 4.49. The van der Waals surface area contributed by atoms with Gasteiger partial charge in [-0.25, -0.2) is 4.98 Å². The predicted molar refractivity (Wildman–Crippen MR) is 147 cm³/mol. The van der Waals surface area contributed by atoms with Crippen LogP contribution in [0.2, 0.25) is 0 Å². The molecular formula is C31H30N4O2. The van der Waals surface area contributed by atoms with Crippen LogP contribution in [0.15, 0.2) is 90.4 Å². The van der Waals surface area contributed by atoms with Gasteiger partial charge in [-0.3, -0.25) is 14.5 Å². The van der Waals surface area contributed by atoms with E-state index in [1.807, 2.05) is 35.2 Å². The molecule has 4 aromatic rings. The molecule has 0 aliphatic carbocycles. The SMILES string of the molecule is C=CC(=O)N1CCC2(CC1)CN(Cc1ccc(-c3nc4cc[nH]c(=O)c4cc3-c3ccccc3)cc1)C2. The molecule has 2 fully saturated rings. The molecule has 6 heteroatoms. The van der Waals surface area contributed by atoms with Crippen LogP contribution in [0.5, 0.6) is 0 Å². The molecule has 1 amide bonds. The van der Waals surface area contributed by atoms with Gasteiger partial charge in [0.25, 0.3) is 5.56 Å². The summed E-state index contributed by atoms with van der Waals surface area (Å²) in [6.45, 7) is 8.37. The average molecular weight is 491 g/mol. The number of aromatic amines is 1. The summed E-state index contributed by atoms with van der Waals surface area (Å²) in [5, 5.41) is 0.591. The first-order chi connectivity index (χ1) is 18.0. The summed E-state index contributed by atoms with van der Waals surface area (Å²) in [5.74, 6) is 0.0502. The highest BCUT2D eigenvalue weighted by atomic mass is 16.2. The van der Waals surface area contributed by atoms with Crippen molar-refractivity contribution < 1.29 is 4.79 Å². The lowest BCUT2D eigenvalue weighted by atomic mass is 9.72. The Morgan fingerprint density at radius 2 is 1.73 bits per heavy atom. The number of nitrogens with one attached hydrogen (secondary N) is 1. The van der Waals surface area contributed by atoms with Gasteiger partial charge in [0.05, 0.1) is 16.6 Å². The number of hydrogen-bond donors (Lipinski definition) is 1. The fourth-order valence-corrected chi connectivity index (χ4v) is 5.86. The number of carbonyl (C=O) groups excluding carboxylic acids is 1. The van der Waals surface area contributed by atoms with Gasteiger partial charge in [0.2, 0.25) is 5.91 Å². The second kappa shape index (κ2) is 9.45. The molecule has 6 nitrogen and oxygen atoms in total. The van der Waals surface area contributed by atoms with Crippen molar-refractivity contribution in [3.05, 3.63) is 101 Å². The maximum atomic E-state index is 12.4. The minimum atomic E-state index is -0.130. The van der Waals surface area contributed by atoms with Crippen LogP contribution in [-0.4, -0.2) is 51.9 Å². The number of hydrogen-bond acceptors (Lipinski definition) is 4. The summed E-state index contributed by atoms with van der Waals surface area (Å²) in [6, 6.07) is 22.5. The van der Waals surface area contributed by atoms with E-state index in [2.05, 4.69) is 52.9 Å². The van der Waals surface area contributed by atoms with Gasteiger partial charge in [0.1, 0.15) is 0 Å². The molecule has 6 rings (SSSR count). The highest BCUT2D eigenvalue weighted by molar-refractivity contribution is 5.91. The summed E-state index contributed by atoms with van der Waals surface area (Å²) >= 11 is 0. The second-order valence-electron chi connectivity index (χ2n) is 10.4. The summed E-state index contributed by atoms with van der Waals surface area (Å²) in [7, 11) is 0. The molecule has 4 heterocycles. The lowest BCUT2D eigenvalue weighted by molar-refractivity contribution is -0.131. The van der Waals surface area contributed by atoms with Crippen molar-refractivity contribution in [1.82, 2.24) is 19.8 Å². The molecule has 2 aliphatic heterocycles. The largest absolute Gasteiger partial charge is 0.339 e. The van der Waals surface area contributed by atoms with Gasteiger partial charge in [-0.15, -0.1) is 0 Å². The Bertz CT molecular complexity index is 1510. The fraction of sp³-hybridized carbons (Fsp3) is 0.258. The number of piperidine rings is 1. The minimum Gasteiger partial charge on any atom is -0.339 e. The van der Waals surface area contributed by atoms with E-state index in [0.717, 1.165) is 67.9 Å². The molecule has 2 aromatic heterocycles. The molecule has 2 aromatic carbocycles. The monoisotopic (exact) mass is 490 g/mol. The van der Waals surface area contributed by atoms with Crippen LogP contribution in [0.4, 0.5) is 0 Å². The van der Waals surface area contributed by atoms with Crippen molar-refractivity contribution >= 4 is 16.8 Å². The summed E-state index contributed by atoms with van der Waals surface area (Å²) in [4.78, 5) is 36.4. The molecule has 0 bridgehead atoms. The third-order valence-electron chi connectivity index (χ3n) is 7.90. The average Bonchev–Trinajstić information content (AvgIpc) is 2.93. The van der Waals surface area contributed by atoms with Crippen LogP contribution in [0, 0.1) is 5.41 Å². The number of benzene rings is 2. The molecule has 186 valence electrons. The molecule has 0 unspecified atom stereocenters. The van der Waals surface area contributed by atoms with Crippen molar-refractivity contribution in [1.29, 1.82) is 0 Å². The normalized spacial score (nSPS) is 17.0. The predicted octanol–water partition coefficient (Wildman–Crippen LogP) is 4.87. The van der Waals surface area contributed by atoms with E-state index < -0.39 is 0 Å². The van der Waals surface area contributed by atoms with Crippen LogP contribution in [0.3, 0.4) is 0 Å². The summed E-state index contributed by atoms with van der Waals surface area (Å²) in [5.41, 5.74) is 6.08. The minimum absolute atomic E-state index is 0.0502. The molecule has 0 atom stereocenters. The quantitative estimate of drug-likeness (QED) is 0.406. The zero-order chi connectivity index (χ0) is 25.4. The van der Waals surface area contributed by atoms with E-state index >= 15 is 0 Å². The highest BCUT2D eigenvalue weighted by Crippen LogP contribution is 2.41. The Hall–Kier alpha value is -4.03. The zero-order valence-electron chi connectivity index (χ0n) is 20.8. The Morgan fingerprint density at radius 3 is 2.43 bits per heavy atom. The van der Waals surface area contributed by atoms with E-state index in [9.17, 15) is 9.59 Å². The number of aromatic nitrogens is 2. The lowest BCUT2D eigenvalue weighted by Gasteiger charge is -2.54. The number of pyridine rings is 2. The van der Waals surface area contributed by atoms with Gasteiger partial charge >= 0.3 is 0 Å². The van der Waals surface area contributed by atoms with E-state index in [0.29, 0.717) is 16.3 Å². The van der Waals surface area contributed by atoms with Crippen LogP contribution in [-0.2, 0) is 11.3 Å². The van der Waals surface area contributed by atoms with E-state index in [-0.39, 0.29) is 11.5 Å². The number of rotatable bonds is 5. The van der Waals surface area contributed by atoms with Crippen LogP contribution < -0.4 is 5.56 Å². The molecule has 0 radical (unpaired) electrons. The van der Waals surface area contributed by atoms with Crippen LogP contribution >= 0.6 is 0 Å². The molecule has 1 spiro atoms. The zero-order valence-corrected chi connectivity index (χ0v) is 20.8. The van der Waals surface area contributed by atoms with E-state index in [1.54, 1.807) is 6.20 Å². The summed E-state index contributed by atoms with van der Waals surface area (Å²) < 4.78 is 0. The Labute approximate surface area is 216 Å². The van der Waals surface area contributed by atoms with Crippen molar-refractivity contribution in [2.24, 2.45) is 5.41 Å². The molecule has 0 saturated carbocycles. The second-order valence-corrected chi connectivity index (χ2v) is 10.4. The van der Waals surface area contributed by atoms with Gasteiger partial charge in [-0.2, -0.15) is 0 Å². The standard InChI is InChI=1S/C31H30N4O2/c1-2-28(36)35-16-13-31(14-17-35)20-34(21-31)19-22-8-10-24(11-9-22)29-25(23-6-4-3-5-7-23)18-26-27(33-29)12-15-32-30(26)37/h2-12,15,18H,1,13-14,16-17,19-21H2,(H,32,37). The Balaban J connectivity index is 1.20. The van der Waals surface area contributed by atoms with Crippen molar-refractivity contribution in [3.8, 4) is 22.4 Å². The molecule has 2 saturated heterocycles. The maximum Gasteiger partial charge on any atom is 0.257 e. The van der Waals surface area contributed by atoms with Gasteiger partial charge in [-0.1, -0.05) is 61.2 Å². The van der Waals surface area contributed by atoms with Crippen LogP contribution in [0.1, 0.15) is 18.4 Å². The molecule has 2 aliphatic rings. The van der Waals surface area contributed by atoms with Gasteiger partial charge < -0.3 is 9.88 Å². The number of nitrogens with zero attached hydrogens (tertiary/aromatic N) is 3. The van der Waals surface area contributed by atoms with Crippen molar-refractivity contribution in [2.75, 3.05) is 26.2 Å².